The Labute approximate surface area is 206 Å². The first-order valence-corrected chi connectivity index (χ1v) is 12.7. The van der Waals surface area contributed by atoms with Gasteiger partial charge in [0.15, 0.2) is 5.69 Å². The minimum absolute atomic E-state index is 0.303. The van der Waals surface area contributed by atoms with Crippen LogP contribution in [0.25, 0.3) is 22.0 Å². The Balaban J connectivity index is 1.41. The molecule has 1 aromatic carbocycles. The van der Waals surface area contributed by atoms with Gasteiger partial charge in [0.05, 0.1) is 23.6 Å². The van der Waals surface area contributed by atoms with Crippen molar-refractivity contribution < 1.29 is 4.79 Å². The Kier molecular flexibility index (Phi) is 8.54. The molecule has 0 saturated heterocycles. The largest absolute Gasteiger partial charge is 0.318 e. The molecule has 1 amide bonds. The van der Waals surface area contributed by atoms with Gasteiger partial charge >= 0.3 is 0 Å². The van der Waals surface area contributed by atoms with Gasteiger partial charge in [0.2, 0.25) is 0 Å². The van der Waals surface area contributed by atoms with Gasteiger partial charge in [-0.15, -0.1) is 0 Å². The van der Waals surface area contributed by atoms with Crippen LogP contribution in [0.4, 0.5) is 5.69 Å². The summed E-state index contributed by atoms with van der Waals surface area (Å²) < 4.78 is 0. The van der Waals surface area contributed by atoms with Gasteiger partial charge in [-0.25, -0.2) is 9.97 Å². The molecule has 0 atom stereocenters. The minimum atomic E-state index is -0.303. The third-order valence-electron chi connectivity index (χ3n) is 6.26. The number of pyridine rings is 1. The lowest BCUT2D eigenvalue weighted by atomic mass is 10.0. The van der Waals surface area contributed by atoms with Gasteiger partial charge in [0, 0.05) is 23.3 Å². The summed E-state index contributed by atoms with van der Waals surface area (Å²) in [5, 5.41) is 10.8. The number of carbonyl (C=O) groups excluding carboxylic acids is 1. The van der Waals surface area contributed by atoms with E-state index in [1.165, 1.54) is 56.9 Å². The number of nitrogens with zero attached hydrogens (tertiary/aromatic N) is 4. The fraction of sp³-hybridized carbons (Fsp3) is 0.393. The maximum Gasteiger partial charge on any atom is 0.276 e. The molecule has 7 nitrogen and oxygen atoms in total. The number of unbranched alkanes of at least 4 members (excludes halogenated alkanes) is 7. The van der Waals surface area contributed by atoms with Crippen LogP contribution in [0.15, 0.2) is 49.1 Å². The Bertz CT molecular complexity index is 1250. The standard InChI is InChI=1S/C28H34N6O/c1-3-4-5-6-7-8-9-10-11-21-14-23(17-29-16-21)22-12-13-26-25(15-22)27(34-33-26)28(35)32-24-18-30-20(2)31-19-24/h12-19H,3-11H2,1-2H3,(H,32,35)(H,33,34). The van der Waals surface area contributed by atoms with Crippen molar-refractivity contribution in [3.05, 3.63) is 66.1 Å². The first-order valence-electron chi connectivity index (χ1n) is 12.7. The van der Waals surface area contributed by atoms with Crippen LogP contribution in [0.5, 0.6) is 0 Å². The van der Waals surface area contributed by atoms with E-state index in [4.69, 9.17) is 0 Å². The molecule has 3 heterocycles. The van der Waals surface area contributed by atoms with Gasteiger partial charge in [-0.3, -0.25) is 14.9 Å². The van der Waals surface area contributed by atoms with E-state index in [-0.39, 0.29) is 5.91 Å². The Morgan fingerprint density at radius 2 is 1.63 bits per heavy atom. The van der Waals surface area contributed by atoms with E-state index in [1.807, 2.05) is 30.6 Å². The Morgan fingerprint density at radius 3 is 2.40 bits per heavy atom. The molecular formula is C28H34N6O. The third-order valence-corrected chi connectivity index (χ3v) is 6.26. The molecule has 0 radical (unpaired) electrons. The number of nitrogens with one attached hydrogen (secondary N) is 2. The molecule has 182 valence electrons. The highest BCUT2D eigenvalue weighted by Crippen LogP contribution is 2.26. The molecule has 35 heavy (non-hydrogen) atoms. The van der Waals surface area contributed by atoms with Crippen LogP contribution in [0.3, 0.4) is 0 Å². The molecule has 4 rings (SSSR count). The van der Waals surface area contributed by atoms with E-state index in [1.54, 1.807) is 19.3 Å². The van der Waals surface area contributed by atoms with Crippen molar-refractivity contribution in [2.24, 2.45) is 0 Å². The maximum absolute atomic E-state index is 12.9. The highest BCUT2D eigenvalue weighted by molar-refractivity contribution is 6.11. The van der Waals surface area contributed by atoms with Crippen LogP contribution in [0.1, 0.15) is 80.2 Å². The molecule has 0 spiro atoms. The molecule has 0 aliphatic carbocycles. The molecule has 0 aliphatic heterocycles. The predicted octanol–water partition coefficient (Wildman–Crippen LogP) is 6.66. The smallest absolute Gasteiger partial charge is 0.276 e. The van der Waals surface area contributed by atoms with Crippen LogP contribution >= 0.6 is 0 Å². The number of amides is 1. The molecule has 7 heteroatoms. The zero-order valence-corrected chi connectivity index (χ0v) is 20.7. The lowest BCUT2D eigenvalue weighted by Crippen LogP contribution is -2.13. The van der Waals surface area contributed by atoms with Gasteiger partial charge in [0.1, 0.15) is 5.82 Å². The summed E-state index contributed by atoms with van der Waals surface area (Å²) in [7, 11) is 0. The number of H-pyrrole nitrogens is 1. The van der Waals surface area contributed by atoms with Gasteiger partial charge in [-0.1, -0.05) is 57.9 Å². The highest BCUT2D eigenvalue weighted by atomic mass is 16.1. The number of hydrogen-bond donors (Lipinski definition) is 2. The van der Waals surface area contributed by atoms with Crippen LogP contribution < -0.4 is 5.32 Å². The number of carbonyl (C=O) groups is 1. The average Bonchev–Trinajstić information content (AvgIpc) is 3.31. The van der Waals surface area contributed by atoms with Gasteiger partial charge < -0.3 is 5.32 Å². The predicted molar refractivity (Wildman–Crippen MR) is 140 cm³/mol. The summed E-state index contributed by atoms with van der Waals surface area (Å²) >= 11 is 0. The van der Waals surface area contributed by atoms with Crippen molar-refractivity contribution in [3.8, 4) is 11.1 Å². The van der Waals surface area contributed by atoms with Crippen molar-refractivity contribution in [1.29, 1.82) is 0 Å². The van der Waals surface area contributed by atoms with Crippen molar-refractivity contribution in [2.75, 3.05) is 5.32 Å². The summed E-state index contributed by atoms with van der Waals surface area (Å²) in [5.74, 6) is 0.346. The molecule has 0 unspecified atom stereocenters. The van der Waals surface area contributed by atoms with Gasteiger partial charge in [0.25, 0.3) is 5.91 Å². The third kappa shape index (κ3) is 6.72. The van der Waals surface area contributed by atoms with E-state index in [2.05, 4.69) is 43.5 Å². The van der Waals surface area contributed by atoms with Crippen LogP contribution in [-0.2, 0) is 6.42 Å². The second-order valence-electron chi connectivity index (χ2n) is 9.11. The fourth-order valence-electron chi connectivity index (χ4n) is 4.26. The van der Waals surface area contributed by atoms with E-state index in [9.17, 15) is 4.79 Å². The van der Waals surface area contributed by atoms with Crippen molar-refractivity contribution in [2.45, 2.75) is 71.6 Å². The molecule has 0 aliphatic rings. The second-order valence-corrected chi connectivity index (χ2v) is 9.11. The molecule has 0 fully saturated rings. The minimum Gasteiger partial charge on any atom is -0.318 e. The summed E-state index contributed by atoms with van der Waals surface area (Å²) in [6.07, 6.45) is 18.5. The van der Waals surface area contributed by atoms with Crippen LogP contribution in [0.2, 0.25) is 0 Å². The van der Waals surface area contributed by atoms with Gasteiger partial charge in [-0.2, -0.15) is 5.10 Å². The van der Waals surface area contributed by atoms with Crippen LogP contribution in [0, 0.1) is 6.92 Å². The number of aromatic nitrogens is 5. The fourth-order valence-corrected chi connectivity index (χ4v) is 4.26. The number of aromatic amines is 1. The summed E-state index contributed by atoms with van der Waals surface area (Å²) in [4.78, 5) is 25.6. The van der Waals surface area contributed by atoms with Crippen molar-refractivity contribution in [3.63, 3.8) is 0 Å². The molecule has 4 aromatic rings. The zero-order valence-electron chi connectivity index (χ0n) is 20.7. The average molecular weight is 471 g/mol. The summed E-state index contributed by atoms with van der Waals surface area (Å²) in [5.41, 5.74) is 4.98. The highest BCUT2D eigenvalue weighted by Gasteiger charge is 2.16. The number of anilines is 1. The molecule has 0 bridgehead atoms. The van der Waals surface area contributed by atoms with E-state index in [0.29, 0.717) is 17.2 Å². The van der Waals surface area contributed by atoms with Crippen molar-refractivity contribution in [1.82, 2.24) is 25.1 Å². The number of hydrogen-bond acceptors (Lipinski definition) is 5. The summed E-state index contributed by atoms with van der Waals surface area (Å²) in [6.45, 7) is 4.06. The topological polar surface area (TPSA) is 96.5 Å². The van der Waals surface area contributed by atoms with Crippen LogP contribution in [-0.4, -0.2) is 31.1 Å². The van der Waals surface area contributed by atoms with E-state index < -0.39 is 0 Å². The number of aryl methyl sites for hydroxylation is 2. The van der Waals surface area contributed by atoms with Gasteiger partial charge in [-0.05, 0) is 49.1 Å². The number of benzene rings is 1. The summed E-state index contributed by atoms with van der Waals surface area (Å²) in [6, 6.07) is 8.19. The second kappa shape index (κ2) is 12.2. The SMILES string of the molecule is CCCCCCCCCCc1cncc(-c2ccc3[nH]nc(C(=O)Nc4cnc(C)nc4)c3c2)c1. The molecule has 2 N–H and O–H groups in total. The first-order chi connectivity index (χ1) is 17.1. The lowest BCUT2D eigenvalue weighted by Gasteiger charge is -2.07. The van der Waals surface area contributed by atoms with E-state index in [0.717, 1.165) is 28.5 Å². The first kappa shape index (κ1) is 24.5. The van der Waals surface area contributed by atoms with Crippen molar-refractivity contribution >= 4 is 22.5 Å². The zero-order chi connectivity index (χ0) is 24.5. The van der Waals surface area contributed by atoms with E-state index >= 15 is 0 Å². The normalized spacial score (nSPS) is 11.1. The molecule has 0 saturated carbocycles. The number of fused-ring (bicyclic) bond motifs is 1. The Hall–Kier alpha value is -3.61. The number of rotatable bonds is 12. The lowest BCUT2D eigenvalue weighted by molar-refractivity contribution is 0.102. The quantitative estimate of drug-likeness (QED) is 0.226. The maximum atomic E-state index is 12.9. The monoisotopic (exact) mass is 470 g/mol. The molecular weight excluding hydrogens is 436 g/mol. The Morgan fingerprint density at radius 1 is 0.886 bits per heavy atom. The molecule has 3 aromatic heterocycles.